The second-order valence-corrected chi connectivity index (χ2v) is 7.30. The molecule has 0 amide bonds. The zero-order chi connectivity index (χ0) is 19.5. The summed E-state index contributed by atoms with van der Waals surface area (Å²) in [5, 5.41) is 6.95. The van der Waals surface area contributed by atoms with Gasteiger partial charge < -0.3 is 15.5 Å². The molecule has 4 rings (SSSR count). The molecule has 0 aliphatic carbocycles. The molecule has 2 N–H and O–H groups in total. The normalized spacial score (nSPS) is 17.6. The molecule has 4 heterocycles. The first-order chi connectivity index (χ1) is 13.6. The van der Waals surface area contributed by atoms with Crippen molar-refractivity contribution in [3.8, 4) is 11.3 Å². The molecule has 8 heteroatoms. The van der Waals surface area contributed by atoms with Crippen LogP contribution in [0.5, 0.6) is 0 Å². The molecule has 3 aromatic heterocycles. The predicted octanol–water partition coefficient (Wildman–Crippen LogP) is 1.47. The van der Waals surface area contributed by atoms with Crippen LogP contribution in [0.2, 0.25) is 0 Å². The van der Waals surface area contributed by atoms with Gasteiger partial charge in [0.25, 0.3) is 0 Å². The van der Waals surface area contributed by atoms with Crippen molar-refractivity contribution in [2.24, 2.45) is 0 Å². The fraction of sp³-hybridized carbons (Fsp3) is 0.400. The van der Waals surface area contributed by atoms with Crippen LogP contribution in [-0.2, 0) is 0 Å². The molecule has 1 fully saturated rings. The first-order valence-corrected chi connectivity index (χ1v) is 9.52. The third-order valence-electron chi connectivity index (χ3n) is 5.11. The summed E-state index contributed by atoms with van der Waals surface area (Å²) in [6.07, 6.45) is 5.27. The molecule has 1 aliphatic heterocycles. The minimum absolute atomic E-state index is 0.409. The minimum Gasteiger partial charge on any atom is -0.367 e. The number of rotatable bonds is 5. The highest BCUT2D eigenvalue weighted by Crippen LogP contribution is 2.26. The van der Waals surface area contributed by atoms with E-state index in [1.165, 1.54) is 0 Å². The van der Waals surface area contributed by atoms with Crippen molar-refractivity contribution >= 4 is 22.7 Å². The van der Waals surface area contributed by atoms with Gasteiger partial charge in [0.1, 0.15) is 11.3 Å². The molecule has 0 unspecified atom stereocenters. The van der Waals surface area contributed by atoms with Crippen LogP contribution < -0.4 is 15.5 Å². The van der Waals surface area contributed by atoms with Crippen molar-refractivity contribution in [3.05, 3.63) is 36.8 Å². The number of aromatic nitrogens is 4. The van der Waals surface area contributed by atoms with Gasteiger partial charge in [-0.2, -0.15) is 0 Å². The maximum absolute atomic E-state index is 4.85. The van der Waals surface area contributed by atoms with Gasteiger partial charge in [0.05, 0.1) is 11.2 Å². The first-order valence-electron chi connectivity index (χ1n) is 9.52. The van der Waals surface area contributed by atoms with Gasteiger partial charge in [-0.05, 0) is 25.2 Å². The molecule has 0 bridgehead atoms. The number of hydrogen-bond acceptors (Lipinski definition) is 8. The van der Waals surface area contributed by atoms with Gasteiger partial charge in [-0.15, -0.1) is 0 Å². The summed E-state index contributed by atoms with van der Waals surface area (Å²) in [4.78, 5) is 22.7. The zero-order valence-corrected chi connectivity index (χ0v) is 16.6. The van der Waals surface area contributed by atoms with Gasteiger partial charge in [0.2, 0.25) is 0 Å². The predicted molar refractivity (Wildman–Crippen MR) is 113 cm³/mol. The van der Waals surface area contributed by atoms with E-state index in [0.29, 0.717) is 6.04 Å². The van der Waals surface area contributed by atoms with Crippen LogP contribution in [0.1, 0.15) is 0 Å². The Labute approximate surface area is 165 Å². The fourth-order valence-electron chi connectivity index (χ4n) is 3.35. The second-order valence-electron chi connectivity index (χ2n) is 7.30. The Balaban J connectivity index is 1.65. The van der Waals surface area contributed by atoms with E-state index in [2.05, 4.69) is 37.5 Å². The highest BCUT2D eigenvalue weighted by Gasteiger charge is 2.19. The number of pyridine rings is 2. The number of nitrogens with zero attached hydrogens (tertiary/aromatic N) is 6. The topological polar surface area (TPSA) is 82.1 Å². The largest absolute Gasteiger partial charge is 0.367 e. The van der Waals surface area contributed by atoms with E-state index in [4.69, 9.17) is 4.98 Å². The average Bonchev–Trinajstić information content (AvgIpc) is 2.73. The molecule has 146 valence electrons. The van der Waals surface area contributed by atoms with E-state index in [1.807, 2.05) is 43.4 Å². The van der Waals surface area contributed by atoms with Gasteiger partial charge >= 0.3 is 0 Å². The van der Waals surface area contributed by atoms with Crippen molar-refractivity contribution in [2.45, 2.75) is 6.04 Å². The lowest BCUT2D eigenvalue weighted by atomic mass is 10.1. The lowest BCUT2D eigenvalue weighted by Crippen LogP contribution is -2.52. The summed E-state index contributed by atoms with van der Waals surface area (Å²) < 4.78 is 0. The molecule has 1 aliphatic rings. The van der Waals surface area contributed by atoms with Gasteiger partial charge in [-0.1, -0.05) is 0 Å². The van der Waals surface area contributed by atoms with Gasteiger partial charge in [-0.3, -0.25) is 9.88 Å². The summed E-state index contributed by atoms with van der Waals surface area (Å²) in [5.41, 5.74) is 3.40. The molecule has 3 aromatic rings. The molecular weight excluding hydrogens is 352 g/mol. The summed E-state index contributed by atoms with van der Waals surface area (Å²) >= 11 is 0. The molecule has 0 saturated carbocycles. The van der Waals surface area contributed by atoms with Crippen LogP contribution in [0.15, 0.2) is 36.8 Å². The summed E-state index contributed by atoms with van der Waals surface area (Å²) in [6, 6.07) is 6.41. The zero-order valence-electron chi connectivity index (χ0n) is 16.6. The Kier molecular flexibility index (Phi) is 5.31. The summed E-state index contributed by atoms with van der Waals surface area (Å²) in [7, 11) is 6.11. The standard InChI is InChI=1S/C20H26N8/c1-27(2)18-5-4-14(11-24-18)16-10-17-19(23-7-6-22-17)20(26-16)25-13-15-12-21-8-9-28(15)3/h4-7,10-11,15,21H,8-9,12-13H2,1-3H3,(H,25,26)/t15-/m0/s1. The molecule has 28 heavy (non-hydrogen) atoms. The third-order valence-corrected chi connectivity index (χ3v) is 5.11. The van der Waals surface area contributed by atoms with Crippen LogP contribution in [0.4, 0.5) is 11.6 Å². The van der Waals surface area contributed by atoms with Crippen LogP contribution in [-0.4, -0.2) is 78.2 Å². The molecule has 1 saturated heterocycles. The quantitative estimate of drug-likeness (QED) is 0.691. The molecule has 8 nitrogen and oxygen atoms in total. The van der Waals surface area contributed by atoms with Crippen molar-refractivity contribution < 1.29 is 0 Å². The molecule has 0 radical (unpaired) electrons. The van der Waals surface area contributed by atoms with E-state index in [9.17, 15) is 0 Å². The van der Waals surface area contributed by atoms with Crippen molar-refractivity contribution in [2.75, 3.05) is 57.5 Å². The van der Waals surface area contributed by atoms with Crippen LogP contribution in [0, 0.1) is 0 Å². The molecule has 0 aromatic carbocycles. The van der Waals surface area contributed by atoms with Crippen molar-refractivity contribution in [1.29, 1.82) is 0 Å². The SMILES string of the molecule is CN(C)c1ccc(-c2cc3nccnc3c(NC[C@@H]3CNCCN3C)n2)cn1. The van der Waals surface area contributed by atoms with E-state index in [-0.39, 0.29) is 0 Å². The highest BCUT2D eigenvalue weighted by atomic mass is 15.2. The van der Waals surface area contributed by atoms with E-state index in [0.717, 1.165) is 60.1 Å². The maximum atomic E-state index is 4.85. The monoisotopic (exact) mass is 378 g/mol. The summed E-state index contributed by atoms with van der Waals surface area (Å²) in [6.45, 7) is 3.83. The highest BCUT2D eigenvalue weighted by molar-refractivity contribution is 5.88. The maximum Gasteiger partial charge on any atom is 0.154 e. The summed E-state index contributed by atoms with van der Waals surface area (Å²) in [5.74, 6) is 1.67. The number of piperazine rings is 1. The third kappa shape index (κ3) is 3.88. The Hall–Kier alpha value is -2.84. The number of fused-ring (bicyclic) bond motifs is 1. The van der Waals surface area contributed by atoms with E-state index in [1.54, 1.807) is 12.4 Å². The van der Waals surface area contributed by atoms with Gasteiger partial charge in [-0.25, -0.2) is 15.0 Å². The molecular formula is C20H26N8. The molecule has 0 spiro atoms. The Morgan fingerprint density at radius 2 is 2.07 bits per heavy atom. The van der Waals surface area contributed by atoms with Crippen molar-refractivity contribution in [3.63, 3.8) is 0 Å². The average molecular weight is 378 g/mol. The minimum atomic E-state index is 0.409. The van der Waals surface area contributed by atoms with E-state index >= 15 is 0 Å². The Bertz CT molecular complexity index is 941. The lowest BCUT2D eigenvalue weighted by molar-refractivity contribution is 0.209. The molecule has 1 atom stereocenters. The Morgan fingerprint density at radius 1 is 1.21 bits per heavy atom. The van der Waals surface area contributed by atoms with Gasteiger partial charge in [0, 0.05) is 70.5 Å². The van der Waals surface area contributed by atoms with Crippen LogP contribution in [0.25, 0.3) is 22.3 Å². The lowest BCUT2D eigenvalue weighted by Gasteiger charge is -2.33. The number of anilines is 2. The first kappa shape index (κ1) is 18.5. The number of hydrogen-bond donors (Lipinski definition) is 2. The van der Waals surface area contributed by atoms with Gasteiger partial charge in [0.15, 0.2) is 5.82 Å². The smallest absolute Gasteiger partial charge is 0.154 e. The number of likely N-dealkylation sites (N-methyl/N-ethyl adjacent to an activating group) is 1. The van der Waals surface area contributed by atoms with Crippen LogP contribution >= 0.6 is 0 Å². The second kappa shape index (κ2) is 8.04. The number of nitrogens with one attached hydrogen (secondary N) is 2. The van der Waals surface area contributed by atoms with Crippen LogP contribution in [0.3, 0.4) is 0 Å². The fourth-order valence-corrected chi connectivity index (χ4v) is 3.35. The Morgan fingerprint density at radius 3 is 2.82 bits per heavy atom. The van der Waals surface area contributed by atoms with Crippen molar-refractivity contribution in [1.82, 2.24) is 30.2 Å². The van der Waals surface area contributed by atoms with E-state index < -0.39 is 0 Å².